The molecule has 0 aliphatic rings. The van der Waals surface area contributed by atoms with Crippen molar-refractivity contribution in [2.24, 2.45) is 5.92 Å². The Morgan fingerprint density at radius 1 is 1.10 bits per heavy atom. The summed E-state index contributed by atoms with van der Waals surface area (Å²) in [5.74, 6) is 0.731. The second-order valence-electron chi connectivity index (χ2n) is 5.83. The van der Waals surface area contributed by atoms with Gasteiger partial charge in [-0.25, -0.2) is 0 Å². The van der Waals surface area contributed by atoms with Gasteiger partial charge in [-0.3, -0.25) is 0 Å². The highest BCUT2D eigenvalue weighted by Gasteiger charge is 2.20. The molecule has 1 N–H and O–H groups in total. The number of hydrogen-bond donors (Lipinski definition) is 1. The molecule has 0 fully saturated rings. The lowest BCUT2D eigenvalue weighted by Gasteiger charge is -2.28. The molecular formula is C19H33NO. The van der Waals surface area contributed by atoms with Crippen LogP contribution >= 0.6 is 0 Å². The van der Waals surface area contributed by atoms with E-state index in [2.05, 4.69) is 50.4 Å². The van der Waals surface area contributed by atoms with E-state index in [-0.39, 0.29) is 0 Å². The summed E-state index contributed by atoms with van der Waals surface area (Å²) < 4.78 is 5.15. The maximum absolute atomic E-state index is 5.15. The second-order valence-corrected chi connectivity index (χ2v) is 5.83. The summed E-state index contributed by atoms with van der Waals surface area (Å²) >= 11 is 0. The van der Waals surface area contributed by atoms with Crippen LogP contribution in [-0.4, -0.2) is 20.3 Å². The van der Waals surface area contributed by atoms with Gasteiger partial charge in [0.15, 0.2) is 0 Å². The monoisotopic (exact) mass is 291 g/mol. The molecule has 0 aliphatic heterocycles. The van der Waals surface area contributed by atoms with Crippen molar-refractivity contribution in [3.05, 3.63) is 35.4 Å². The Morgan fingerprint density at radius 3 is 2.33 bits per heavy atom. The molecule has 2 nitrogen and oxygen atoms in total. The lowest BCUT2D eigenvalue weighted by Crippen LogP contribution is -2.28. The smallest absolute Gasteiger partial charge is 0.0502 e. The Kier molecular flexibility index (Phi) is 9.36. The van der Waals surface area contributed by atoms with Crippen LogP contribution in [-0.2, 0) is 11.2 Å². The van der Waals surface area contributed by atoms with Gasteiger partial charge in [-0.15, -0.1) is 0 Å². The van der Waals surface area contributed by atoms with Crippen molar-refractivity contribution in [1.82, 2.24) is 5.32 Å². The van der Waals surface area contributed by atoms with Gasteiger partial charge in [-0.05, 0) is 36.4 Å². The minimum absolute atomic E-state index is 0.489. The van der Waals surface area contributed by atoms with Gasteiger partial charge in [-0.1, -0.05) is 64.3 Å². The average Bonchev–Trinajstić information content (AvgIpc) is 2.53. The quantitative estimate of drug-likeness (QED) is 0.635. The van der Waals surface area contributed by atoms with Crippen LogP contribution < -0.4 is 5.32 Å². The first kappa shape index (κ1) is 18.2. The number of benzene rings is 1. The van der Waals surface area contributed by atoms with Crippen LogP contribution in [0.5, 0.6) is 0 Å². The van der Waals surface area contributed by atoms with Crippen molar-refractivity contribution in [2.75, 3.05) is 20.3 Å². The number of ether oxygens (including phenoxy) is 1. The summed E-state index contributed by atoms with van der Waals surface area (Å²) in [4.78, 5) is 0. The van der Waals surface area contributed by atoms with Gasteiger partial charge < -0.3 is 10.1 Å². The number of methoxy groups -OCH3 is 1. The van der Waals surface area contributed by atoms with Crippen molar-refractivity contribution in [2.45, 2.75) is 58.9 Å². The van der Waals surface area contributed by atoms with Gasteiger partial charge >= 0.3 is 0 Å². The highest BCUT2D eigenvalue weighted by molar-refractivity contribution is 5.25. The molecular weight excluding hydrogens is 258 g/mol. The molecule has 1 aromatic carbocycles. The summed E-state index contributed by atoms with van der Waals surface area (Å²) in [6, 6.07) is 9.60. The summed E-state index contributed by atoms with van der Waals surface area (Å²) in [6.45, 7) is 8.62. The Labute approximate surface area is 131 Å². The van der Waals surface area contributed by atoms with Crippen molar-refractivity contribution < 1.29 is 4.74 Å². The van der Waals surface area contributed by atoms with Crippen LogP contribution in [0.1, 0.15) is 63.6 Å². The number of rotatable bonds is 11. The van der Waals surface area contributed by atoms with Crippen LogP contribution in [0.15, 0.2) is 24.3 Å². The topological polar surface area (TPSA) is 21.3 Å². The molecule has 1 rings (SSSR count). The van der Waals surface area contributed by atoms with E-state index in [4.69, 9.17) is 4.74 Å². The Balaban J connectivity index is 2.78. The van der Waals surface area contributed by atoms with Crippen molar-refractivity contribution in [3.8, 4) is 0 Å². The lowest BCUT2D eigenvalue weighted by molar-refractivity contribution is 0.202. The predicted molar refractivity (Wildman–Crippen MR) is 91.7 cm³/mol. The van der Waals surface area contributed by atoms with E-state index in [1.54, 1.807) is 7.11 Å². The molecule has 0 bridgehead atoms. The van der Waals surface area contributed by atoms with E-state index in [9.17, 15) is 0 Å². The van der Waals surface area contributed by atoms with E-state index in [0.29, 0.717) is 6.04 Å². The fraction of sp³-hybridized carbons (Fsp3) is 0.684. The van der Waals surface area contributed by atoms with E-state index >= 15 is 0 Å². The molecule has 0 spiro atoms. The SMILES string of the molecule is CCCCC(CC)C(NCC)c1ccc(CCOC)cc1. The molecule has 2 unspecified atom stereocenters. The highest BCUT2D eigenvalue weighted by atomic mass is 16.5. The van der Waals surface area contributed by atoms with Gasteiger partial charge in [-0.2, -0.15) is 0 Å². The highest BCUT2D eigenvalue weighted by Crippen LogP contribution is 2.29. The molecule has 1 aromatic rings. The van der Waals surface area contributed by atoms with E-state index in [0.717, 1.165) is 25.5 Å². The van der Waals surface area contributed by atoms with Gasteiger partial charge in [0.1, 0.15) is 0 Å². The molecule has 0 saturated carbocycles. The largest absolute Gasteiger partial charge is 0.384 e. The molecule has 0 amide bonds. The maximum Gasteiger partial charge on any atom is 0.0502 e. The zero-order valence-corrected chi connectivity index (χ0v) is 14.3. The second kappa shape index (κ2) is 10.8. The molecule has 120 valence electrons. The molecule has 2 heteroatoms. The molecule has 0 radical (unpaired) electrons. The van der Waals surface area contributed by atoms with E-state index in [1.165, 1.54) is 36.8 Å². The normalized spacial score (nSPS) is 14.1. The molecule has 0 saturated heterocycles. The Morgan fingerprint density at radius 2 is 1.81 bits per heavy atom. The van der Waals surface area contributed by atoms with Gasteiger partial charge in [0.05, 0.1) is 6.61 Å². The van der Waals surface area contributed by atoms with Crippen LogP contribution in [0.3, 0.4) is 0 Å². The number of hydrogen-bond acceptors (Lipinski definition) is 2. The first-order valence-electron chi connectivity index (χ1n) is 8.57. The fourth-order valence-corrected chi connectivity index (χ4v) is 2.96. The average molecular weight is 291 g/mol. The van der Waals surface area contributed by atoms with Crippen LogP contribution in [0.25, 0.3) is 0 Å². The van der Waals surface area contributed by atoms with Crippen molar-refractivity contribution in [3.63, 3.8) is 0 Å². The minimum atomic E-state index is 0.489. The molecule has 0 heterocycles. The summed E-state index contributed by atoms with van der Waals surface area (Å²) in [5, 5.41) is 3.70. The molecule has 0 aliphatic carbocycles. The van der Waals surface area contributed by atoms with E-state index in [1.807, 2.05) is 0 Å². The number of nitrogens with one attached hydrogen (secondary N) is 1. The Hall–Kier alpha value is -0.860. The first-order chi connectivity index (χ1) is 10.3. The third kappa shape index (κ3) is 6.19. The third-order valence-corrected chi connectivity index (χ3v) is 4.28. The van der Waals surface area contributed by atoms with Crippen LogP contribution in [0, 0.1) is 5.92 Å². The number of unbranched alkanes of at least 4 members (excludes halogenated alkanes) is 1. The minimum Gasteiger partial charge on any atom is -0.384 e. The first-order valence-corrected chi connectivity index (χ1v) is 8.57. The van der Waals surface area contributed by atoms with Gasteiger partial charge in [0.25, 0.3) is 0 Å². The summed E-state index contributed by atoms with van der Waals surface area (Å²) in [6.07, 6.45) is 6.16. The molecule has 2 atom stereocenters. The standard InChI is InChI=1S/C19H33NO/c1-5-8-9-17(6-2)19(20-7-3)18-12-10-16(11-13-18)14-15-21-4/h10-13,17,19-20H,5-9,14-15H2,1-4H3. The summed E-state index contributed by atoms with van der Waals surface area (Å²) in [7, 11) is 1.76. The van der Waals surface area contributed by atoms with Gasteiger partial charge in [0, 0.05) is 13.2 Å². The zero-order chi connectivity index (χ0) is 15.5. The van der Waals surface area contributed by atoms with Gasteiger partial charge in [0.2, 0.25) is 0 Å². The predicted octanol–water partition coefficient (Wildman–Crippen LogP) is 4.74. The van der Waals surface area contributed by atoms with Crippen LogP contribution in [0.4, 0.5) is 0 Å². The maximum atomic E-state index is 5.15. The lowest BCUT2D eigenvalue weighted by atomic mass is 9.86. The molecule has 21 heavy (non-hydrogen) atoms. The fourth-order valence-electron chi connectivity index (χ4n) is 2.96. The zero-order valence-electron chi connectivity index (χ0n) is 14.3. The van der Waals surface area contributed by atoms with Crippen LogP contribution in [0.2, 0.25) is 0 Å². The summed E-state index contributed by atoms with van der Waals surface area (Å²) in [5.41, 5.74) is 2.79. The molecule has 0 aromatic heterocycles. The van der Waals surface area contributed by atoms with Crippen molar-refractivity contribution >= 4 is 0 Å². The third-order valence-electron chi connectivity index (χ3n) is 4.28. The van der Waals surface area contributed by atoms with Crippen molar-refractivity contribution in [1.29, 1.82) is 0 Å². The van der Waals surface area contributed by atoms with E-state index < -0.39 is 0 Å². The Bertz CT molecular complexity index is 360.